The maximum absolute atomic E-state index is 10.9. The predicted octanol–water partition coefficient (Wildman–Crippen LogP) is 1.53. The molecule has 1 unspecified atom stereocenters. The van der Waals surface area contributed by atoms with Crippen molar-refractivity contribution in [1.82, 2.24) is 4.98 Å². The summed E-state index contributed by atoms with van der Waals surface area (Å²) in [4.78, 5) is 14.2. The number of hydrogen-bond donors (Lipinski definition) is 1. The number of rotatable bonds is 5. The minimum Gasteiger partial charge on any atom is -0.424 e. The molecule has 1 aromatic carbocycles. The molecule has 0 saturated heterocycles. The Morgan fingerprint density at radius 2 is 2.33 bits per heavy atom. The van der Waals surface area contributed by atoms with Crippen molar-refractivity contribution >= 4 is 33.6 Å². The predicted molar refractivity (Wildman–Crippen MR) is 68.1 cm³/mol. The highest BCUT2D eigenvalue weighted by molar-refractivity contribution is 7.84. The topological polar surface area (TPSA) is 98.3 Å². The maximum Gasteiger partial charge on any atom is 0.295 e. The molecule has 0 amide bonds. The molecule has 0 bridgehead atoms. The van der Waals surface area contributed by atoms with E-state index >= 15 is 0 Å². The van der Waals surface area contributed by atoms with E-state index in [1.807, 2.05) is 0 Å². The van der Waals surface area contributed by atoms with Gasteiger partial charge in [0.15, 0.2) is 5.58 Å². The van der Waals surface area contributed by atoms with Gasteiger partial charge < -0.3 is 9.73 Å². The summed E-state index contributed by atoms with van der Waals surface area (Å²) in [5.74, 6) is 0.485. The molecule has 0 aliphatic carbocycles. The number of oxazole rings is 1. The van der Waals surface area contributed by atoms with Gasteiger partial charge >= 0.3 is 0 Å². The van der Waals surface area contributed by atoms with Crippen LogP contribution in [0.1, 0.15) is 0 Å². The number of nitrogens with one attached hydrogen (secondary N) is 1. The van der Waals surface area contributed by atoms with E-state index in [9.17, 15) is 14.3 Å². The third-order valence-electron chi connectivity index (χ3n) is 2.25. The summed E-state index contributed by atoms with van der Waals surface area (Å²) in [6.07, 6.45) is 1.61. The largest absolute Gasteiger partial charge is 0.424 e. The molecule has 1 aromatic heterocycles. The number of nitro groups is 1. The molecule has 96 valence electrons. The van der Waals surface area contributed by atoms with Gasteiger partial charge in [-0.05, 0) is 6.07 Å². The average molecular weight is 269 g/mol. The number of hydrogen-bond acceptors (Lipinski definition) is 6. The Labute approximate surface area is 105 Å². The zero-order valence-corrected chi connectivity index (χ0v) is 10.4. The van der Waals surface area contributed by atoms with Crippen LogP contribution in [0.3, 0.4) is 0 Å². The number of non-ortho nitro benzene ring substituents is 1. The Hall–Kier alpha value is -1.96. The maximum atomic E-state index is 10.9. The Morgan fingerprint density at radius 3 is 3.00 bits per heavy atom. The molecule has 0 aliphatic rings. The molecule has 0 radical (unpaired) electrons. The van der Waals surface area contributed by atoms with Crippen LogP contribution in [0.4, 0.5) is 11.7 Å². The van der Waals surface area contributed by atoms with Crippen molar-refractivity contribution in [3.05, 3.63) is 28.3 Å². The number of anilines is 1. The van der Waals surface area contributed by atoms with E-state index in [-0.39, 0.29) is 11.7 Å². The van der Waals surface area contributed by atoms with Gasteiger partial charge in [-0.2, -0.15) is 4.98 Å². The molecule has 1 atom stereocenters. The van der Waals surface area contributed by atoms with Gasteiger partial charge in [0.05, 0.1) is 4.92 Å². The van der Waals surface area contributed by atoms with Crippen LogP contribution in [0.25, 0.3) is 11.1 Å². The number of benzene rings is 1. The first-order valence-electron chi connectivity index (χ1n) is 5.15. The summed E-state index contributed by atoms with van der Waals surface area (Å²) in [5.41, 5.74) is 0.863. The van der Waals surface area contributed by atoms with Crippen molar-refractivity contribution in [2.75, 3.05) is 23.9 Å². The second kappa shape index (κ2) is 5.13. The normalized spacial score (nSPS) is 12.5. The lowest BCUT2D eigenvalue weighted by atomic mass is 10.3. The average Bonchev–Trinajstić information content (AvgIpc) is 2.69. The number of nitrogens with zero attached hydrogens (tertiary/aromatic N) is 2. The molecular formula is C10H11N3O4S. The molecule has 18 heavy (non-hydrogen) atoms. The fourth-order valence-corrected chi connectivity index (χ4v) is 1.80. The van der Waals surface area contributed by atoms with E-state index in [0.717, 1.165) is 0 Å². The van der Waals surface area contributed by atoms with Crippen LogP contribution >= 0.6 is 0 Å². The zero-order chi connectivity index (χ0) is 13.1. The summed E-state index contributed by atoms with van der Waals surface area (Å²) < 4.78 is 16.2. The minimum atomic E-state index is -0.888. The molecule has 2 rings (SSSR count). The molecule has 1 N–H and O–H groups in total. The zero-order valence-electron chi connectivity index (χ0n) is 9.58. The summed E-state index contributed by atoms with van der Waals surface area (Å²) in [7, 11) is -0.888. The van der Waals surface area contributed by atoms with Gasteiger partial charge in [-0.25, -0.2) is 0 Å². The first-order chi connectivity index (χ1) is 8.56. The van der Waals surface area contributed by atoms with Crippen molar-refractivity contribution in [2.45, 2.75) is 0 Å². The van der Waals surface area contributed by atoms with Crippen molar-refractivity contribution in [3.8, 4) is 0 Å². The van der Waals surface area contributed by atoms with Gasteiger partial charge in [0.2, 0.25) is 0 Å². The number of fused-ring (bicyclic) bond motifs is 1. The van der Waals surface area contributed by atoms with E-state index < -0.39 is 15.7 Å². The Bertz CT molecular complexity index is 610. The van der Waals surface area contributed by atoms with Crippen molar-refractivity contribution in [3.63, 3.8) is 0 Å². The van der Waals surface area contributed by atoms with E-state index in [0.29, 0.717) is 23.4 Å². The van der Waals surface area contributed by atoms with Gasteiger partial charge in [-0.3, -0.25) is 14.3 Å². The molecule has 0 spiro atoms. The third-order valence-corrected chi connectivity index (χ3v) is 3.03. The fourth-order valence-electron chi connectivity index (χ4n) is 1.41. The third kappa shape index (κ3) is 2.83. The van der Waals surface area contributed by atoms with E-state index in [1.54, 1.807) is 6.26 Å². The quantitative estimate of drug-likeness (QED) is 0.652. The molecule has 1 heterocycles. The van der Waals surface area contributed by atoms with Crippen LogP contribution in [0.15, 0.2) is 22.6 Å². The Kier molecular flexibility index (Phi) is 3.56. The van der Waals surface area contributed by atoms with Gasteiger partial charge in [0, 0.05) is 41.5 Å². The van der Waals surface area contributed by atoms with E-state index in [4.69, 9.17) is 4.42 Å². The van der Waals surface area contributed by atoms with E-state index in [1.165, 1.54) is 18.2 Å². The lowest BCUT2D eigenvalue weighted by Crippen LogP contribution is -2.09. The molecule has 7 nitrogen and oxygen atoms in total. The van der Waals surface area contributed by atoms with Crippen molar-refractivity contribution < 1.29 is 13.5 Å². The molecule has 2 aromatic rings. The highest BCUT2D eigenvalue weighted by atomic mass is 32.2. The standard InChI is InChI=1S/C10H11N3O4S/c1-18(16)5-4-11-10-12-8-6-7(13(14)15)2-3-9(8)17-10/h2-3,6H,4-5H2,1H3,(H,11,12). The van der Waals surface area contributed by atoms with Gasteiger partial charge in [0.1, 0.15) is 5.52 Å². The van der Waals surface area contributed by atoms with Crippen LogP contribution in [0.2, 0.25) is 0 Å². The summed E-state index contributed by atoms with van der Waals surface area (Å²) >= 11 is 0. The van der Waals surface area contributed by atoms with Gasteiger partial charge in [-0.1, -0.05) is 0 Å². The SMILES string of the molecule is CS(=O)CCNc1nc2cc([N+](=O)[O-])ccc2o1. The first kappa shape index (κ1) is 12.5. The lowest BCUT2D eigenvalue weighted by molar-refractivity contribution is -0.384. The molecule has 0 saturated carbocycles. The summed E-state index contributed by atoms with van der Waals surface area (Å²) in [6.45, 7) is 0.470. The second-order valence-corrected chi connectivity index (χ2v) is 5.19. The van der Waals surface area contributed by atoms with Crippen LogP contribution in [0, 0.1) is 10.1 Å². The highest BCUT2D eigenvalue weighted by Crippen LogP contribution is 2.23. The number of nitro benzene ring substituents is 1. The highest BCUT2D eigenvalue weighted by Gasteiger charge is 2.11. The molecule has 0 fully saturated rings. The van der Waals surface area contributed by atoms with Gasteiger partial charge in [0.25, 0.3) is 11.7 Å². The number of aromatic nitrogens is 1. The van der Waals surface area contributed by atoms with E-state index in [2.05, 4.69) is 10.3 Å². The van der Waals surface area contributed by atoms with Crippen LogP contribution < -0.4 is 5.32 Å². The van der Waals surface area contributed by atoms with Gasteiger partial charge in [-0.15, -0.1) is 0 Å². The lowest BCUT2D eigenvalue weighted by Gasteiger charge is -1.97. The first-order valence-corrected chi connectivity index (χ1v) is 6.88. The van der Waals surface area contributed by atoms with Crippen LogP contribution in [-0.2, 0) is 10.8 Å². The van der Waals surface area contributed by atoms with Crippen molar-refractivity contribution in [2.24, 2.45) is 0 Å². The molecule has 8 heteroatoms. The Morgan fingerprint density at radius 1 is 1.56 bits per heavy atom. The van der Waals surface area contributed by atoms with Crippen molar-refractivity contribution in [1.29, 1.82) is 0 Å². The van der Waals surface area contributed by atoms with Crippen LogP contribution in [-0.4, -0.2) is 32.7 Å². The fraction of sp³-hybridized carbons (Fsp3) is 0.300. The molecule has 0 aliphatic heterocycles. The minimum absolute atomic E-state index is 0.0305. The second-order valence-electron chi connectivity index (χ2n) is 3.63. The molecular weight excluding hydrogens is 258 g/mol. The summed E-state index contributed by atoms with van der Waals surface area (Å²) in [6, 6.07) is 4.49. The smallest absolute Gasteiger partial charge is 0.295 e. The summed E-state index contributed by atoms with van der Waals surface area (Å²) in [5, 5.41) is 13.5. The Balaban J connectivity index is 2.16. The monoisotopic (exact) mass is 269 g/mol. The van der Waals surface area contributed by atoms with Crippen LogP contribution in [0.5, 0.6) is 0 Å².